The Labute approximate surface area is 155 Å². The monoisotopic (exact) mass is 372 g/mol. The van der Waals surface area contributed by atoms with E-state index in [1.54, 1.807) is 18.3 Å². The second kappa shape index (κ2) is 7.03. The van der Waals surface area contributed by atoms with E-state index in [1.165, 1.54) is 0 Å². The fourth-order valence-corrected chi connectivity index (χ4v) is 3.99. The Kier molecular flexibility index (Phi) is 4.58. The van der Waals surface area contributed by atoms with E-state index < -0.39 is 0 Å². The van der Waals surface area contributed by atoms with Crippen LogP contribution in [-0.2, 0) is 6.42 Å². The first kappa shape index (κ1) is 17.0. The van der Waals surface area contributed by atoms with Crippen LogP contribution in [0.15, 0.2) is 25.8 Å². The largest absolute Gasteiger partial charge is 0.420 e. The first-order valence-electron chi connectivity index (χ1n) is 8.77. The minimum Gasteiger partial charge on any atom is -0.420 e. The minimum atomic E-state index is -0.0251. The molecule has 1 atom stereocenters. The van der Waals surface area contributed by atoms with Gasteiger partial charge in [0, 0.05) is 24.0 Å². The lowest BCUT2D eigenvalue weighted by Crippen LogP contribution is -2.39. The van der Waals surface area contributed by atoms with Gasteiger partial charge in [-0.25, -0.2) is 0 Å². The molecule has 4 rings (SSSR count). The van der Waals surface area contributed by atoms with Gasteiger partial charge in [-0.15, -0.1) is 10.2 Å². The van der Waals surface area contributed by atoms with Crippen LogP contribution in [0, 0.1) is 6.92 Å². The van der Waals surface area contributed by atoms with Gasteiger partial charge in [0.15, 0.2) is 0 Å². The van der Waals surface area contributed by atoms with Gasteiger partial charge in [0.25, 0.3) is 5.91 Å². The molecule has 0 saturated carbocycles. The number of nitrogens with zero attached hydrogens (tertiary/aromatic N) is 4. The molecule has 0 aliphatic carbocycles. The molecule has 1 amide bonds. The number of thiophene rings is 1. The van der Waals surface area contributed by atoms with Gasteiger partial charge in [0.1, 0.15) is 11.3 Å². The number of aryl methyl sites for hydroxylation is 2. The number of hydrogen-bond acceptors (Lipinski definition) is 7. The fraction of sp³-hybridized carbons (Fsp3) is 0.444. The first-order valence-corrected chi connectivity index (χ1v) is 9.72. The number of carbonyl (C=O) groups is 1. The summed E-state index contributed by atoms with van der Waals surface area (Å²) in [5, 5.41) is 16.3. The molecule has 0 bridgehead atoms. The van der Waals surface area contributed by atoms with E-state index in [9.17, 15) is 4.79 Å². The number of carbonyl (C=O) groups excluding carboxylic acids is 1. The average molecular weight is 372 g/mol. The number of aromatic nitrogens is 3. The van der Waals surface area contributed by atoms with Crippen LogP contribution in [0.3, 0.4) is 0 Å². The average Bonchev–Trinajstić information content (AvgIpc) is 3.41. The van der Waals surface area contributed by atoms with Crippen LogP contribution in [0.25, 0.3) is 11.5 Å². The molecule has 8 heteroatoms. The molecule has 4 heterocycles. The zero-order chi connectivity index (χ0) is 18.1. The van der Waals surface area contributed by atoms with Crippen molar-refractivity contribution in [2.75, 3.05) is 13.1 Å². The summed E-state index contributed by atoms with van der Waals surface area (Å²) in [7, 11) is 0. The van der Waals surface area contributed by atoms with Crippen molar-refractivity contribution in [2.24, 2.45) is 0 Å². The van der Waals surface area contributed by atoms with Gasteiger partial charge in [0.05, 0.1) is 11.6 Å². The van der Waals surface area contributed by atoms with Crippen molar-refractivity contribution in [2.45, 2.75) is 39.0 Å². The molecule has 7 nitrogen and oxygen atoms in total. The van der Waals surface area contributed by atoms with Crippen molar-refractivity contribution in [3.8, 4) is 11.5 Å². The molecular formula is C18H20N4O3S. The molecule has 0 spiro atoms. The summed E-state index contributed by atoms with van der Waals surface area (Å²) in [5.74, 6) is 1.74. The summed E-state index contributed by atoms with van der Waals surface area (Å²) in [4.78, 5) is 14.8. The van der Waals surface area contributed by atoms with Crippen molar-refractivity contribution >= 4 is 17.2 Å². The summed E-state index contributed by atoms with van der Waals surface area (Å²) >= 11 is 1.59. The molecular weight excluding hydrogens is 352 g/mol. The van der Waals surface area contributed by atoms with Crippen LogP contribution in [0.5, 0.6) is 0 Å². The lowest BCUT2D eigenvalue weighted by atomic mass is 9.97. The molecule has 0 N–H and O–H groups in total. The van der Waals surface area contributed by atoms with Crippen LogP contribution < -0.4 is 0 Å². The molecule has 3 aromatic heterocycles. The van der Waals surface area contributed by atoms with Crippen LogP contribution >= 0.6 is 11.3 Å². The Balaban J connectivity index is 1.53. The van der Waals surface area contributed by atoms with Crippen molar-refractivity contribution in [3.63, 3.8) is 0 Å². The van der Waals surface area contributed by atoms with E-state index in [4.69, 9.17) is 8.94 Å². The summed E-state index contributed by atoms with van der Waals surface area (Å²) in [6, 6.07) is 1.96. The first-order chi connectivity index (χ1) is 12.7. The number of likely N-dealkylation sites (tertiary alicyclic amines) is 1. The second-order valence-corrected chi connectivity index (χ2v) is 7.24. The third-order valence-corrected chi connectivity index (χ3v) is 5.43. The highest BCUT2D eigenvalue weighted by Crippen LogP contribution is 2.30. The van der Waals surface area contributed by atoms with Crippen molar-refractivity contribution in [1.82, 2.24) is 20.3 Å². The van der Waals surface area contributed by atoms with Gasteiger partial charge in [0.2, 0.25) is 11.8 Å². The molecule has 26 heavy (non-hydrogen) atoms. The highest BCUT2D eigenvalue weighted by molar-refractivity contribution is 7.08. The summed E-state index contributed by atoms with van der Waals surface area (Å²) < 4.78 is 11.1. The summed E-state index contributed by atoms with van der Waals surface area (Å²) in [6.45, 7) is 5.04. The highest BCUT2D eigenvalue weighted by Gasteiger charge is 2.31. The normalized spacial score (nSPS) is 17.6. The van der Waals surface area contributed by atoms with E-state index in [0.717, 1.165) is 18.4 Å². The quantitative estimate of drug-likeness (QED) is 0.694. The van der Waals surface area contributed by atoms with Crippen molar-refractivity contribution in [3.05, 3.63) is 39.7 Å². The van der Waals surface area contributed by atoms with Gasteiger partial charge < -0.3 is 13.8 Å². The molecule has 0 radical (unpaired) electrons. The maximum absolute atomic E-state index is 13.0. The van der Waals surface area contributed by atoms with Crippen molar-refractivity contribution < 1.29 is 13.7 Å². The maximum Gasteiger partial charge on any atom is 0.259 e. The molecule has 1 aliphatic heterocycles. The Hall–Kier alpha value is -2.48. The smallest absolute Gasteiger partial charge is 0.259 e. The Morgan fingerprint density at radius 3 is 3.08 bits per heavy atom. The van der Waals surface area contributed by atoms with Gasteiger partial charge in [-0.3, -0.25) is 4.79 Å². The lowest BCUT2D eigenvalue weighted by Gasteiger charge is -2.31. The highest BCUT2D eigenvalue weighted by atomic mass is 32.1. The predicted molar refractivity (Wildman–Crippen MR) is 96.1 cm³/mol. The molecule has 0 unspecified atom stereocenters. The number of amides is 1. The van der Waals surface area contributed by atoms with Gasteiger partial charge in [-0.05, 0) is 37.6 Å². The maximum atomic E-state index is 13.0. The summed E-state index contributed by atoms with van der Waals surface area (Å²) in [6.07, 6.45) is 2.50. The predicted octanol–water partition coefficient (Wildman–Crippen LogP) is 3.68. The molecule has 1 fully saturated rings. The molecule has 1 aliphatic rings. The van der Waals surface area contributed by atoms with E-state index >= 15 is 0 Å². The van der Waals surface area contributed by atoms with Crippen LogP contribution in [0.1, 0.15) is 53.4 Å². The van der Waals surface area contributed by atoms with Gasteiger partial charge in [-0.2, -0.15) is 11.3 Å². The zero-order valence-electron chi connectivity index (χ0n) is 14.8. The Morgan fingerprint density at radius 2 is 2.31 bits per heavy atom. The Morgan fingerprint density at radius 1 is 1.42 bits per heavy atom. The number of hydrogen-bond donors (Lipinski definition) is 0. The van der Waals surface area contributed by atoms with Crippen molar-refractivity contribution in [1.29, 1.82) is 0 Å². The second-order valence-electron chi connectivity index (χ2n) is 6.46. The third-order valence-electron chi connectivity index (χ3n) is 4.75. The molecule has 3 aromatic rings. The fourth-order valence-electron chi connectivity index (χ4n) is 3.36. The van der Waals surface area contributed by atoms with E-state index in [1.807, 2.05) is 28.7 Å². The number of rotatable bonds is 4. The number of piperidine rings is 1. The van der Waals surface area contributed by atoms with Gasteiger partial charge >= 0.3 is 0 Å². The van der Waals surface area contributed by atoms with E-state index in [-0.39, 0.29) is 11.8 Å². The van der Waals surface area contributed by atoms with Gasteiger partial charge in [-0.1, -0.05) is 12.1 Å². The molecule has 136 valence electrons. The Bertz CT molecular complexity index is 900. The topological polar surface area (TPSA) is 85.3 Å². The van der Waals surface area contributed by atoms with E-state index in [2.05, 4.69) is 15.4 Å². The molecule has 1 saturated heterocycles. The minimum absolute atomic E-state index is 0.0251. The summed E-state index contributed by atoms with van der Waals surface area (Å²) in [5.41, 5.74) is 2.25. The SMILES string of the molecule is CCc1noc(C)c1C(=O)N1CCC[C@@H](c2nnc(-c3ccsc3)o2)C1. The van der Waals surface area contributed by atoms with Crippen LogP contribution in [0.2, 0.25) is 0 Å². The third kappa shape index (κ3) is 3.05. The standard InChI is InChI=1S/C18H20N4O3S/c1-3-14-15(11(2)25-21-14)18(23)22-7-4-5-12(9-22)16-19-20-17(24-16)13-6-8-26-10-13/h6,8,10,12H,3-5,7,9H2,1-2H3/t12-/m1/s1. The lowest BCUT2D eigenvalue weighted by molar-refractivity contribution is 0.0695. The van der Waals surface area contributed by atoms with E-state index in [0.29, 0.717) is 48.3 Å². The molecule has 0 aromatic carbocycles. The van der Waals surface area contributed by atoms with Crippen LogP contribution in [0.4, 0.5) is 0 Å². The zero-order valence-corrected chi connectivity index (χ0v) is 15.6. The van der Waals surface area contributed by atoms with Crippen LogP contribution in [-0.4, -0.2) is 39.3 Å².